The van der Waals surface area contributed by atoms with Gasteiger partial charge in [-0.3, -0.25) is 10.1 Å². The van der Waals surface area contributed by atoms with Crippen LogP contribution in [0.2, 0.25) is 0 Å². The fourth-order valence-electron chi connectivity index (χ4n) is 2.33. The topological polar surface area (TPSA) is 105 Å². The molecule has 2 atom stereocenters. The molecule has 0 heterocycles. The lowest BCUT2D eigenvalue weighted by atomic mass is 9.86. The van der Waals surface area contributed by atoms with Crippen molar-refractivity contribution in [3.05, 3.63) is 28.7 Å². The Morgan fingerprint density at radius 2 is 1.70 bits per heavy atom. The van der Waals surface area contributed by atoms with Crippen LogP contribution in [0.25, 0.3) is 0 Å². The Labute approximate surface area is 168 Å². The zero-order valence-electron chi connectivity index (χ0n) is 16.2. The predicted molar refractivity (Wildman–Crippen MR) is 107 cm³/mol. The van der Waals surface area contributed by atoms with Crippen LogP contribution in [0.3, 0.4) is 0 Å². The summed E-state index contributed by atoms with van der Waals surface area (Å²) in [4.78, 5) is 36.2. The van der Waals surface area contributed by atoms with E-state index >= 15 is 0 Å². The van der Waals surface area contributed by atoms with Crippen molar-refractivity contribution in [1.82, 2.24) is 5.32 Å². The molecule has 150 valence electrons. The summed E-state index contributed by atoms with van der Waals surface area (Å²) < 4.78 is 6.15. The van der Waals surface area contributed by atoms with Crippen LogP contribution in [0.4, 0.5) is 10.5 Å². The molecule has 0 spiro atoms. The average molecular weight is 443 g/mol. The van der Waals surface area contributed by atoms with Crippen LogP contribution in [0.1, 0.15) is 41.0 Å². The lowest BCUT2D eigenvalue weighted by molar-refractivity contribution is -0.146. The van der Waals surface area contributed by atoms with Crippen molar-refractivity contribution < 1.29 is 24.2 Å². The third-order valence-corrected chi connectivity index (χ3v) is 4.25. The molecule has 0 radical (unpaired) electrons. The number of halogens is 1. The van der Waals surface area contributed by atoms with Gasteiger partial charge in [-0.05, 0) is 42.0 Å². The van der Waals surface area contributed by atoms with Crippen molar-refractivity contribution in [2.24, 2.45) is 11.3 Å². The first kappa shape index (κ1) is 23.0. The third kappa shape index (κ3) is 7.99. The van der Waals surface area contributed by atoms with E-state index in [9.17, 15) is 19.5 Å². The number of aliphatic carboxylic acids is 1. The lowest BCUT2D eigenvalue weighted by Crippen LogP contribution is -2.52. The molecular weight excluding hydrogens is 416 g/mol. The summed E-state index contributed by atoms with van der Waals surface area (Å²) in [6, 6.07) is 5.78. The lowest BCUT2D eigenvalue weighted by Gasteiger charge is -2.29. The highest BCUT2D eigenvalue weighted by Crippen LogP contribution is 2.21. The normalized spacial score (nSPS) is 13.6. The molecule has 3 N–H and O–H groups in total. The molecule has 1 aromatic carbocycles. The molecule has 27 heavy (non-hydrogen) atoms. The van der Waals surface area contributed by atoms with Crippen molar-refractivity contribution in [3.63, 3.8) is 0 Å². The largest absolute Gasteiger partial charge is 0.480 e. The molecule has 0 aliphatic rings. The Hall–Kier alpha value is -2.09. The second-order valence-electron chi connectivity index (χ2n) is 7.80. The van der Waals surface area contributed by atoms with Gasteiger partial charge in [0.25, 0.3) is 5.91 Å². The van der Waals surface area contributed by atoms with Crippen LogP contribution in [0, 0.1) is 11.3 Å². The van der Waals surface area contributed by atoms with Gasteiger partial charge in [-0.1, -0.05) is 50.5 Å². The quantitative estimate of drug-likeness (QED) is 0.590. The molecule has 0 aromatic heterocycles. The van der Waals surface area contributed by atoms with Gasteiger partial charge in [-0.15, -0.1) is 0 Å². The third-order valence-electron chi connectivity index (χ3n) is 3.72. The standard InChI is InChI=1S/C19H27BrN2O5/c1-11(2)10-14(16(23)22-15(17(24)25)19(3,4)5)27-18(26)21-13-8-6-12(20)7-9-13/h6-9,11,14-15H,10H2,1-5H3,(H,21,26)(H,22,23)(H,24,25)/t14-,15?/m0/s1. The minimum absolute atomic E-state index is 0.0687. The predicted octanol–water partition coefficient (Wildman–Crippen LogP) is 4.03. The highest BCUT2D eigenvalue weighted by atomic mass is 79.9. The number of hydrogen-bond acceptors (Lipinski definition) is 4. The van der Waals surface area contributed by atoms with Crippen LogP contribution in [-0.2, 0) is 14.3 Å². The van der Waals surface area contributed by atoms with Crippen LogP contribution in [0.15, 0.2) is 28.7 Å². The zero-order chi connectivity index (χ0) is 20.8. The van der Waals surface area contributed by atoms with E-state index in [1.807, 2.05) is 13.8 Å². The van der Waals surface area contributed by atoms with Crippen molar-refractivity contribution >= 4 is 39.6 Å². The van der Waals surface area contributed by atoms with Gasteiger partial charge in [0.1, 0.15) is 6.04 Å². The van der Waals surface area contributed by atoms with Gasteiger partial charge in [0, 0.05) is 10.2 Å². The number of amides is 2. The fourth-order valence-corrected chi connectivity index (χ4v) is 2.59. The van der Waals surface area contributed by atoms with Gasteiger partial charge in [0.15, 0.2) is 6.10 Å². The monoisotopic (exact) mass is 442 g/mol. The summed E-state index contributed by atoms with van der Waals surface area (Å²) in [6.07, 6.45) is -1.60. The van der Waals surface area contributed by atoms with Crippen LogP contribution < -0.4 is 10.6 Å². The number of carbonyl (C=O) groups is 3. The van der Waals surface area contributed by atoms with E-state index in [1.165, 1.54) is 0 Å². The summed E-state index contributed by atoms with van der Waals surface area (Å²) in [7, 11) is 0. The maximum absolute atomic E-state index is 12.6. The molecule has 7 nitrogen and oxygen atoms in total. The summed E-state index contributed by atoms with van der Waals surface area (Å²) >= 11 is 3.30. The number of rotatable bonds is 7. The van der Waals surface area contributed by atoms with Gasteiger partial charge in [-0.2, -0.15) is 0 Å². The Kier molecular flexibility index (Phi) is 8.27. The van der Waals surface area contributed by atoms with Crippen molar-refractivity contribution in [1.29, 1.82) is 0 Å². The number of anilines is 1. The molecule has 0 fully saturated rings. The smallest absolute Gasteiger partial charge is 0.412 e. The van der Waals surface area contributed by atoms with Crippen molar-refractivity contribution in [2.75, 3.05) is 5.32 Å². The second kappa shape index (κ2) is 9.73. The molecule has 8 heteroatoms. The maximum Gasteiger partial charge on any atom is 0.412 e. The van der Waals surface area contributed by atoms with E-state index in [-0.39, 0.29) is 12.3 Å². The summed E-state index contributed by atoms with van der Waals surface area (Å²) in [6.45, 7) is 8.91. The SMILES string of the molecule is CC(C)C[C@H](OC(=O)Nc1ccc(Br)cc1)C(=O)NC(C(=O)O)C(C)(C)C. The molecule has 0 aliphatic heterocycles. The number of ether oxygens (including phenoxy) is 1. The molecule has 0 bridgehead atoms. The van der Waals surface area contributed by atoms with Crippen LogP contribution >= 0.6 is 15.9 Å². The first-order valence-electron chi connectivity index (χ1n) is 8.66. The highest BCUT2D eigenvalue weighted by molar-refractivity contribution is 9.10. The van der Waals surface area contributed by atoms with Gasteiger partial charge >= 0.3 is 12.1 Å². The first-order valence-corrected chi connectivity index (χ1v) is 9.46. The summed E-state index contributed by atoms with van der Waals surface area (Å²) in [5.41, 5.74) is -0.172. The summed E-state index contributed by atoms with van der Waals surface area (Å²) in [5, 5.41) is 14.4. The Balaban J connectivity index is 2.84. The number of benzene rings is 1. The van der Waals surface area contributed by atoms with E-state index in [4.69, 9.17) is 4.74 Å². The molecule has 1 unspecified atom stereocenters. The number of carbonyl (C=O) groups excluding carboxylic acids is 2. The van der Waals surface area contributed by atoms with E-state index in [0.717, 1.165) is 4.47 Å². The summed E-state index contributed by atoms with van der Waals surface area (Å²) in [5.74, 6) is -1.70. The number of nitrogens with one attached hydrogen (secondary N) is 2. The fraction of sp³-hybridized carbons (Fsp3) is 0.526. The Morgan fingerprint density at radius 3 is 2.15 bits per heavy atom. The van der Waals surface area contributed by atoms with Crippen LogP contribution in [0.5, 0.6) is 0 Å². The Bertz CT molecular complexity index is 668. The van der Waals surface area contributed by atoms with Gasteiger partial charge in [0.2, 0.25) is 0 Å². The Morgan fingerprint density at radius 1 is 1.15 bits per heavy atom. The second-order valence-corrected chi connectivity index (χ2v) is 8.72. The first-order chi connectivity index (χ1) is 12.4. The van der Waals surface area contributed by atoms with Crippen LogP contribution in [-0.4, -0.2) is 35.2 Å². The van der Waals surface area contributed by atoms with E-state index in [1.54, 1.807) is 45.0 Å². The average Bonchev–Trinajstić information content (AvgIpc) is 2.52. The van der Waals surface area contributed by atoms with E-state index in [0.29, 0.717) is 5.69 Å². The molecule has 1 rings (SSSR count). The minimum Gasteiger partial charge on any atom is -0.480 e. The molecule has 0 saturated carbocycles. The maximum atomic E-state index is 12.6. The van der Waals surface area contributed by atoms with Gasteiger partial charge in [0.05, 0.1) is 0 Å². The zero-order valence-corrected chi connectivity index (χ0v) is 17.8. The molecule has 0 aliphatic carbocycles. The molecule has 2 amide bonds. The van der Waals surface area contributed by atoms with Crippen molar-refractivity contribution in [2.45, 2.75) is 53.2 Å². The van der Waals surface area contributed by atoms with Gasteiger partial charge < -0.3 is 15.2 Å². The minimum atomic E-state index is -1.14. The molecular formula is C19H27BrN2O5. The number of hydrogen-bond donors (Lipinski definition) is 3. The highest BCUT2D eigenvalue weighted by Gasteiger charge is 2.35. The number of carboxylic acids is 1. The van der Waals surface area contributed by atoms with E-state index in [2.05, 4.69) is 26.6 Å². The van der Waals surface area contributed by atoms with Crippen molar-refractivity contribution in [3.8, 4) is 0 Å². The molecule has 1 aromatic rings. The molecule has 0 saturated heterocycles. The van der Waals surface area contributed by atoms with E-state index < -0.39 is 35.5 Å². The van der Waals surface area contributed by atoms with Gasteiger partial charge in [-0.25, -0.2) is 9.59 Å². The number of carboxylic acid groups (broad SMARTS) is 1.